The van der Waals surface area contributed by atoms with Gasteiger partial charge in [0, 0.05) is 12.6 Å². The number of fused-ring (bicyclic) bond motifs is 1. The summed E-state index contributed by atoms with van der Waals surface area (Å²) in [5.41, 5.74) is 1.15. The van der Waals surface area contributed by atoms with Crippen molar-refractivity contribution in [3.63, 3.8) is 0 Å². The van der Waals surface area contributed by atoms with Crippen LogP contribution in [0.1, 0.15) is 38.3 Å². The first-order valence-corrected chi connectivity index (χ1v) is 11.2. The summed E-state index contributed by atoms with van der Waals surface area (Å²) in [6, 6.07) is 11.5. The predicted molar refractivity (Wildman–Crippen MR) is 128 cm³/mol. The minimum atomic E-state index is -1.15. The number of benzene rings is 2. The highest BCUT2D eigenvalue weighted by Gasteiger charge is 2.33. The highest BCUT2D eigenvalue weighted by molar-refractivity contribution is 6.02. The molecule has 1 aliphatic heterocycles. The van der Waals surface area contributed by atoms with Crippen molar-refractivity contribution in [3.05, 3.63) is 78.3 Å². The lowest BCUT2D eigenvalue weighted by Gasteiger charge is -2.26. The summed E-state index contributed by atoms with van der Waals surface area (Å²) in [6.45, 7) is 8.84. The van der Waals surface area contributed by atoms with E-state index in [2.05, 4.69) is 17.2 Å². The number of anilines is 1. The van der Waals surface area contributed by atoms with Gasteiger partial charge < -0.3 is 15.4 Å². The van der Waals surface area contributed by atoms with Crippen LogP contribution >= 0.6 is 0 Å². The van der Waals surface area contributed by atoms with Crippen LogP contribution < -0.4 is 15.5 Å². The third-order valence-electron chi connectivity index (χ3n) is 5.38. The Morgan fingerprint density at radius 1 is 1.21 bits per heavy atom. The van der Waals surface area contributed by atoms with Gasteiger partial charge in [0.25, 0.3) is 5.91 Å². The molecule has 0 unspecified atom stereocenters. The zero-order valence-electron chi connectivity index (χ0n) is 19.6. The van der Waals surface area contributed by atoms with Crippen LogP contribution in [-0.2, 0) is 27.2 Å². The van der Waals surface area contributed by atoms with E-state index in [1.54, 1.807) is 39.0 Å². The maximum atomic E-state index is 14.3. The van der Waals surface area contributed by atoms with E-state index < -0.39 is 35.5 Å². The second kappa shape index (κ2) is 10.5. The fraction of sp³-hybridized carbons (Fsp3) is 0.346. The fourth-order valence-corrected chi connectivity index (χ4v) is 3.80. The number of alkyl carbamates (subject to hydrolysis) is 1. The quantitative estimate of drug-likeness (QED) is 0.675. The molecule has 2 aromatic carbocycles. The van der Waals surface area contributed by atoms with Crippen LogP contribution in [0.25, 0.3) is 0 Å². The number of halogens is 1. The molecule has 2 atom stereocenters. The van der Waals surface area contributed by atoms with E-state index in [-0.39, 0.29) is 17.9 Å². The average molecular weight is 468 g/mol. The summed E-state index contributed by atoms with van der Waals surface area (Å²) in [5, 5.41) is 5.27. The minimum Gasteiger partial charge on any atom is -0.444 e. The number of hydrogen-bond donors (Lipinski definition) is 2. The third-order valence-corrected chi connectivity index (χ3v) is 5.38. The first-order valence-electron chi connectivity index (χ1n) is 11.2. The van der Waals surface area contributed by atoms with Crippen LogP contribution in [0.15, 0.2) is 61.3 Å². The second-order valence-electron chi connectivity index (χ2n) is 9.11. The number of para-hydroxylation sites is 1. The summed E-state index contributed by atoms with van der Waals surface area (Å²) in [7, 11) is 0. The van der Waals surface area contributed by atoms with E-state index in [0.29, 0.717) is 18.5 Å². The van der Waals surface area contributed by atoms with Crippen molar-refractivity contribution in [2.45, 2.75) is 57.7 Å². The number of rotatable bonds is 6. The smallest absolute Gasteiger partial charge is 0.408 e. The Labute approximate surface area is 199 Å². The molecule has 2 aromatic rings. The normalized spacial score (nSPS) is 16.6. The van der Waals surface area contributed by atoms with Crippen LogP contribution in [0.5, 0.6) is 0 Å². The average Bonchev–Trinajstić information content (AvgIpc) is 2.89. The first-order chi connectivity index (χ1) is 16.1. The SMILES string of the molecule is C=CN1C(=O)[C@H](NC(=O)[C@@H](Cc2ccccc2F)NC(=O)OC(C)(C)C)CCc2ccccc21. The van der Waals surface area contributed by atoms with Crippen molar-refractivity contribution in [3.8, 4) is 0 Å². The summed E-state index contributed by atoms with van der Waals surface area (Å²) in [6.07, 6.45) is 1.43. The number of aryl methyl sites for hydroxylation is 1. The number of carbonyl (C=O) groups excluding carboxylic acids is 3. The zero-order valence-corrected chi connectivity index (χ0v) is 19.6. The maximum absolute atomic E-state index is 14.3. The molecule has 0 fully saturated rings. The zero-order chi connectivity index (χ0) is 24.9. The molecule has 0 saturated heterocycles. The van der Waals surface area contributed by atoms with Crippen LogP contribution in [0.2, 0.25) is 0 Å². The number of ether oxygens (including phenoxy) is 1. The lowest BCUT2D eigenvalue weighted by Crippen LogP contribution is -2.54. The standard InChI is InChI=1S/C26H30FN3O4/c1-5-30-22-13-9-7-10-17(22)14-15-20(24(30)32)28-23(31)21(29-25(33)34-26(2,3)4)16-18-11-6-8-12-19(18)27/h5-13,20-21H,1,14-16H2,2-4H3,(H,28,31)(H,29,33)/t20-,21-/m1/s1. The van der Waals surface area contributed by atoms with Gasteiger partial charge in [0.15, 0.2) is 0 Å². The molecule has 8 heteroatoms. The van der Waals surface area contributed by atoms with E-state index in [9.17, 15) is 18.8 Å². The Balaban J connectivity index is 1.81. The number of nitrogens with zero attached hydrogens (tertiary/aromatic N) is 1. The van der Waals surface area contributed by atoms with Crippen molar-refractivity contribution in [2.75, 3.05) is 4.90 Å². The first kappa shape index (κ1) is 25.0. The molecule has 0 radical (unpaired) electrons. The van der Waals surface area contributed by atoms with Crippen molar-refractivity contribution in [1.82, 2.24) is 10.6 Å². The van der Waals surface area contributed by atoms with Crippen LogP contribution in [0.4, 0.5) is 14.9 Å². The molecule has 0 spiro atoms. The Kier molecular flexibility index (Phi) is 7.71. The molecule has 0 saturated carbocycles. The van der Waals surface area contributed by atoms with Gasteiger partial charge in [0.05, 0.1) is 5.69 Å². The molecule has 7 nitrogen and oxygen atoms in total. The monoisotopic (exact) mass is 467 g/mol. The Morgan fingerprint density at radius 2 is 1.88 bits per heavy atom. The van der Waals surface area contributed by atoms with Gasteiger partial charge in [-0.2, -0.15) is 0 Å². The molecular weight excluding hydrogens is 437 g/mol. The Morgan fingerprint density at radius 3 is 2.56 bits per heavy atom. The summed E-state index contributed by atoms with van der Waals surface area (Å²) < 4.78 is 19.6. The van der Waals surface area contributed by atoms with E-state index >= 15 is 0 Å². The number of hydrogen-bond acceptors (Lipinski definition) is 4. The predicted octanol–water partition coefficient (Wildman–Crippen LogP) is 3.87. The van der Waals surface area contributed by atoms with E-state index in [4.69, 9.17) is 4.74 Å². The summed E-state index contributed by atoms with van der Waals surface area (Å²) in [4.78, 5) is 40.3. The molecule has 1 aliphatic rings. The molecule has 0 aromatic heterocycles. The lowest BCUT2D eigenvalue weighted by molar-refractivity contribution is -0.128. The fourth-order valence-electron chi connectivity index (χ4n) is 3.80. The van der Waals surface area contributed by atoms with Gasteiger partial charge in [0.2, 0.25) is 5.91 Å². The Bertz CT molecular complexity index is 1080. The van der Waals surface area contributed by atoms with Crippen molar-refractivity contribution in [2.24, 2.45) is 0 Å². The van der Waals surface area contributed by atoms with Gasteiger partial charge in [-0.05, 0) is 56.9 Å². The molecule has 3 rings (SSSR count). The maximum Gasteiger partial charge on any atom is 0.408 e. The highest BCUT2D eigenvalue weighted by Crippen LogP contribution is 2.27. The minimum absolute atomic E-state index is 0.107. The van der Waals surface area contributed by atoms with E-state index in [1.165, 1.54) is 17.2 Å². The third kappa shape index (κ3) is 6.21. The van der Waals surface area contributed by atoms with Gasteiger partial charge in [-0.25, -0.2) is 9.18 Å². The van der Waals surface area contributed by atoms with Gasteiger partial charge in [-0.15, -0.1) is 0 Å². The summed E-state index contributed by atoms with van der Waals surface area (Å²) in [5.74, 6) is -1.44. The lowest BCUT2D eigenvalue weighted by atomic mass is 10.0. The van der Waals surface area contributed by atoms with Crippen molar-refractivity contribution < 1.29 is 23.5 Å². The molecule has 0 aliphatic carbocycles. The molecule has 34 heavy (non-hydrogen) atoms. The summed E-state index contributed by atoms with van der Waals surface area (Å²) >= 11 is 0. The number of nitrogens with one attached hydrogen (secondary N) is 2. The van der Waals surface area contributed by atoms with Gasteiger partial charge in [0.1, 0.15) is 23.5 Å². The largest absolute Gasteiger partial charge is 0.444 e. The van der Waals surface area contributed by atoms with Gasteiger partial charge >= 0.3 is 6.09 Å². The van der Waals surface area contributed by atoms with Crippen LogP contribution in [0, 0.1) is 5.82 Å². The number of carbonyl (C=O) groups is 3. The topological polar surface area (TPSA) is 87.7 Å². The molecule has 3 amide bonds. The molecule has 180 valence electrons. The molecule has 2 N–H and O–H groups in total. The van der Waals surface area contributed by atoms with Gasteiger partial charge in [-0.1, -0.05) is 43.0 Å². The molecule has 1 heterocycles. The second-order valence-corrected chi connectivity index (χ2v) is 9.11. The molecule has 0 bridgehead atoms. The highest BCUT2D eigenvalue weighted by atomic mass is 19.1. The van der Waals surface area contributed by atoms with E-state index in [1.807, 2.05) is 24.3 Å². The van der Waals surface area contributed by atoms with Crippen molar-refractivity contribution in [1.29, 1.82) is 0 Å². The van der Waals surface area contributed by atoms with Crippen LogP contribution in [-0.4, -0.2) is 35.6 Å². The number of amides is 3. The van der Waals surface area contributed by atoms with E-state index in [0.717, 1.165) is 5.56 Å². The van der Waals surface area contributed by atoms with Gasteiger partial charge in [-0.3, -0.25) is 14.5 Å². The Hall–Kier alpha value is -3.68. The molecular formula is C26H30FN3O4. The van der Waals surface area contributed by atoms with Crippen molar-refractivity contribution >= 4 is 23.6 Å². The van der Waals surface area contributed by atoms with Crippen LogP contribution in [0.3, 0.4) is 0 Å².